The molecule has 1 aliphatic rings. The van der Waals surface area contributed by atoms with Crippen LogP contribution < -0.4 is 10.0 Å². The van der Waals surface area contributed by atoms with Crippen LogP contribution in [0.5, 0.6) is 0 Å². The van der Waals surface area contributed by atoms with E-state index in [1.165, 1.54) is 48.8 Å². The van der Waals surface area contributed by atoms with Crippen LogP contribution in [-0.4, -0.2) is 31.2 Å². The highest BCUT2D eigenvalue weighted by molar-refractivity contribution is 7.91. The number of aromatic carboxylic acids is 1. The summed E-state index contributed by atoms with van der Waals surface area (Å²) in [7, 11) is -4.13. The number of carboxylic acids is 1. The number of carboxylic acid groups (broad SMARTS) is 1. The molecule has 0 fully saturated rings. The van der Waals surface area contributed by atoms with E-state index in [4.69, 9.17) is 0 Å². The third-order valence-corrected chi connectivity index (χ3v) is 6.20. The molecule has 29 heavy (non-hydrogen) atoms. The van der Waals surface area contributed by atoms with Crippen LogP contribution in [0.2, 0.25) is 0 Å². The van der Waals surface area contributed by atoms with Crippen molar-refractivity contribution in [1.29, 1.82) is 0 Å². The molecule has 0 N–H and O–H groups in total. The second-order valence-corrected chi connectivity index (χ2v) is 8.13. The molecule has 0 aliphatic carbocycles. The Morgan fingerprint density at radius 2 is 1.62 bits per heavy atom. The fourth-order valence-corrected chi connectivity index (χ4v) is 4.37. The number of aromatic nitrogens is 1. The third kappa shape index (κ3) is 2.97. The largest absolute Gasteiger partial charge is 0.545 e. The fourth-order valence-electron chi connectivity index (χ4n) is 3.03. The number of carbonyl (C=O) groups excluding carboxylic acids is 3. The number of amides is 2. The Morgan fingerprint density at radius 1 is 0.897 bits per heavy atom. The second-order valence-electron chi connectivity index (χ2n) is 6.18. The van der Waals surface area contributed by atoms with Crippen molar-refractivity contribution in [2.24, 2.45) is 0 Å². The number of imide groups is 1. The van der Waals surface area contributed by atoms with Crippen molar-refractivity contribution >= 4 is 33.3 Å². The number of anilines is 1. The molecule has 0 saturated carbocycles. The van der Waals surface area contributed by atoms with Crippen molar-refractivity contribution < 1.29 is 27.9 Å². The fraction of sp³-hybridized carbons (Fsp3) is 0. The smallest absolute Gasteiger partial charge is 0.266 e. The summed E-state index contributed by atoms with van der Waals surface area (Å²) in [6.07, 6.45) is 2.85. The van der Waals surface area contributed by atoms with E-state index in [0.29, 0.717) is 0 Å². The molecule has 9 heteroatoms. The number of hydrogen-bond acceptors (Lipinski definition) is 7. The van der Waals surface area contributed by atoms with Crippen LogP contribution in [0.4, 0.5) is 5.69 Å². The summed E-state index contributed by atoms with van der Waals surface area (Å²) in [5.41, 5.74) is -0.0108. The summed E-state index contributed by atoms with van der Waals surface area (Å²) in [6.45, 7) is 0. The molecule has 1 aromatic heterocycles. The van der Waals surface area contributed by atoms with Crippen molar-refractivity contribution in [3.8, 4) is 0 Å². The molecule has 0 spiro atoms. The summed E-state index contributed by atoms with van der Waals surface area (Å²) < 4.78 is 25.8. The van der Waals surface area contributed by atoms with Gasteiger partial charge in [-0.2, -0.15) is 0 Å². The monoisotopic (exact) mass is 407 g/mol. The Kier molecular flexibility index (Phi) is 4.24. The van der Waals surface area contributed by atoms with E-state index in [9.17, 15) is 27.9 Å². The zero-order valence-corrected chi connectivity index (χ0v) is 15.4. The molecule has 3 aromatic rings. The van der Waals surface area contributed by atoms with E-state index in [1.807, 2.05) is 0 Å². The second kappa shape index (κ2) is 6.64. The molecule has 0 atom stereocenters. The number of rotatable bonds is 4. The van der Waals surface area contributed by atoms with Gasteiger partial charge in [-0.15, -0.1) is 0 Å². The van der Waals surface area contributed by atoms with Gasteiger partial charge in [-0.25, -0.2) is 13.3 Å². The summed E-state index contributed by atoms with van der Waals surface area (Å²) in [6, 6.07) is 11.4. The number of pyridine rings is 1. The van der Waals surface area contributed by atoms with Crippen LogP contribution in [-0.2, 0) is 9.84 Å². The predicted molar refractivity (Wildman–Crippen MR) is 98.0 cm³/mol. The topological polar surface area (TPSA) is 125 Å². The van der Waals surface area contributed by atoms with Crippen LogP contribution in [0, 0.1) is 0 Å². The predicted octanol–water partition coefficient (Wildman–Crippen LogP) is 1.08. The van der Waals surface area contributed by atoms with Gasteiger partial charge < -0.3 is 9.90 Å². The lowest BCUT2D eigenvalue weighted by atomic mass is 10.1. The van der Waals surface area contributed by atoms with Gasteiger partial charge in [0.25, 0.3) is 11.8 Å². The van der Waals surface area contributed by atoms with Gasteiger partial charge in [0.05, 0.1) is 38.8 Å². The van der Waals surface area contributed by atoms with Gasteiger partial charge in [0.2, 0.25) is 9.84 Å². The highest BCUT2D eigenvalue weighted by Crippen LogP contribution is 2.31. The number of carbonyl (C=O) groups is 3. The van der Waals surface area contributed by atoms with Crippen LogP contribution in [0.3, 0.4) is 0 Å². The first-order chi connectivity index (χ1) is 13.8. The first-order valence-electron chi connectivity index (χ1n) is 8.30. The van der Waals surface area contributed by atoms with Crippen LogP contribution in [0.15, 0.2) is 76.8 Å². The van der Waals surface area contributed by atoms with E-state index >= 15 is 0 Å². The molecule has 8 nitrogen and oxygen atoms in total. The molecule has 0 radical (unpaired) electrons. The Bertz CT molecular complexity index is 1290. The Labute approximate surface area is 165 Å². The zero-order valence-electron chi connectivity index (χ0n) is 14.6. The number of benzene rings is 2. The van der Waals surface area contributed by atoms with Gasteiger partial charge in [0, 0.05) is 6.20 Å². The molecule has 2 amide bonds. The molecule has 1 aliphatic heterocycles. The zero-order chi connectivity index (χ0) is 20.8. The average Bonchev–Trinajstić information content (AvgIpc) is 2.98. The molecule has 0 bridgehead atoms. The van der Waals surface area contributed by atoms with Gasteiger partial charge in [0.15, 0.2) is 0 Å². The van der Waals surface area contributed by atoms with Crippen molar-refractivity contribution in [2.75, 3.05) is 4.90 Å². The summed E-state index contributed by atoms with van der Waals surface area (Å²) in [5, 5.41) is 11.0. The van der Waals surface area contributed by atoms with Gasteiger partial charge in [-0.1, -0.05) is 12.1 Å². The highest BCUT2D eigenvalue weighted by Gasteiger charge is 2.37. The summed E-state index contributed by atoms with van der Waals surface area (Å²) in [5.74, 6) is -2.76. The van der Waals surface area contributed by atoms with Gasteiger partial charge in [-0.3, -0.25) is 14.6 Å². The maximum absolute atomic E-state index is 12.9. The highest BCUT2D eigenvalue weighted by atomic mass is 32.2. The van der Waals surface area contributed by atoms with Gasteiger partial charge in [-0.05, 0) is 48.0 Å². The van der Waals surface area contributed by atoms with E-state index in [0.717, 1.165) is 17.0 Å². The number of nitrogens with zero attached hydrogens (tertiary/aromatic N) is 2. The van der Waals surface area contributed by atoms with Crippen LogP contribution >= 0.6 is 0 Å². The third-order valence-electron chi connectivity index (χ3n) is 4.45. The maximum atomic E-state index is 12.9. The van der Waals surface area contributed by atoms with Crippen molar-refractivity contribution in [2.45, 2.75) is 9.79 Å². The molecule has 2 heterocycles. The van der Waals surface area contributed by atoms with Crippen LogP contribution in [0.25, 0.3) is 0 Å². The van der Waals surface area contributed by atoms with E-state index in [-0.39, 0.29) is 32.2 Å². The lowest BCUT2D eigenvalue weighted by Crippen LogP contribution is -2.29. The van der Waals surface area contributed by atoms with Gasteiger partial charge in [0.1, 0.15) is 0 Å². The van der Waals surface area contributed by atoms with E-state index in [1.54, 1.807) is 6.07 Å². The Balaban J connectivity index is 1.78. The molecule has 2 aromatic carbocycles. The van der Waals surface area contributed by atoms with E-state index < -0.39 is 27.6 Å². The molecule has 4 rings (SSSR count). The minimum absolute atomic E-state index is 0.0593. The number of sulfone groups is 1. The van der Waals surface area contributed by atoms with Crippen molar-refractivity contribution in [3.05, 3.63) is 83.7 Å². The Morgan fingerprint density at radius 3 is 2.31 bits per heavy atom. The maximum Gasteiger partial charge on any atom is 0.266 e. The van der Waals surface area contributed by atoms with Crippen LogP contribution in [0.1, 0.15) is 31.1 Å². The quantitative estimate of drug-likeness (QED) is 0.593. The number of hydrogen-bond donors (Lipinski definition) is 0. The molecule has 144 valence electrons. The lowest BCUT2D eigenvalue weighted by Gasteiger charge is -2.12. The first kappa shape index (κ1) is 18.5. The molecule has 0 unspecified atom stereocenters. The standard InChI is InChI=1S/C20H12N2O6S/c23-18-16-7-6-15(29(27,28)14-5-1-3-12(9-14)20(25)26)10-17(16)19(24)22(18)13-4-2-8-21-11-13/h1-11H,(H,25,26)/p-1. The molecular formula is C20H11N2O6S-. The summed E-state index contributed by atoms with van der Waals surface area (Å²) >= 11 is 0. The minimum atomic E-state index is -4.13. The molecular weight excluding hydrogens is 396 g/mol. The van der Waals surface area contributed by atoms with Gasteiger partial charge >= 0.3 is 0 Å². The minimum Gasteiger partial charge on any atom is -0.545 e. The average molecular weight is 407 g/mol. The molecule has 0 saturated heterocycles. The normalized spacial score (nSPS) is 13.4. The Hall–Kier alpha value is -3.85. The van der Waals surface area contributed by atoms with Crippen molar-refractivity contribution in [1.82, 2.24) is 4.98 Å². The first-order valence-corrected chi connectivity index (χ1v) is 9.78. The SMILES string of the molecule is O=C([O-])c1cccc(S(=O)(=O)c2ccc3c(c2)C(=O)N(c2cccnc2)C3=O)c1. The van der Waals surface area contributed by atoms with E-state index in [2.05, 4.69) is 4.98 Å². The van der Waals surface area contributed by atoms with Crippen molar-refractivity contribution in [3.63, 3.8) is 0 Å². The summed E-state index contributed by atoms with van der Waals surface area (Å²) in [4.78, 5) is 40.7. The lowest BCUT2D eigenvalue weighted by molar-refractivity contribution is -0.255. The number of fused-ring (bicyclic) bond motifs is 1.